The molecular weight excluding hydrogens is 2460 g/mol. The molecule has 10 aromatic rings. The molecule has 1 N–H and O–H groups in total. The minimum atomic E-state index is -3.71. The Balaban J connectivity index is 0.000000308. The number of aromatic nitrogens is 1. The largest absolute Gasteiger partial charge is 0.342 e. The molecule has 11 rings (SSSR count). The Kier molecular flexibility index (Phi) is 42.8. The first-order chi connectivity index (χ1) is 49.2. The van der Waals surface area contributed by atoms with Crippen molar-refractivity contribution in [1.29, 1.82) is 0 Å². The van der Waals surface area contributed by atoms with E-state index in [0.29, 0.717) is 18.4 Å². The number of aliphatic hydroxyl groups excluding tert-OH is 1. The molecule has 1 unspecified atom stereocenters. The SMILES string of the molecule is C=I(=O)c1cc(C)cc(C)c1.C=I(=O)c1ccc(C)cc1.C=I(=O)c1ccc(CO)cc1.C=I(=O)c1ccc(F)cc1.C=I(=O)c1cccc(Br)c1.C=I(=O)c1ccccc1[N+](=O)[O-].CC1(C)OI(C)(=O)c2ccccc21.CS(=O)(=O)c1ccccc1I(=O)=O.O=I(=O)c1ccccc1-c1ccccn1. The van der Waals surface area contributed by atoms with E-state index in [-0.39, 0.29) is 35.7 Å². The van der Waals surface area contributed by atoms with Gasteiger partial charge in [-0.2, -0.15) is 0 Å². The number of aryl methyl sites for hydroxylation is 3. The number of nitro groups is 1. The number of para-hydroxylation sites is 1. The number of halogens is 11. The zero-order chi connectivity index (χ0) is 78.9. The maximum atomic E-state index is 12.2. The van der Waals surface area contributed by atoms with Gasteiger partial charge in [0, 0.05) is 46.4 Å². The summed E-state index contributed by atoms with van der Waals surface area (Å²) in [7, 11) is -3.44. The van der Waals surface area contributed by atoms with Crippen LogP contribution in [-0.4, -0.2) is 61.7 Å². The van der Waals surface area contributed by atoms with Crippen molar-refractivity contribution in [3.05, 3.63) is 317 Å². The van der Waals surface area contributed by atoms with Crippen LogP contribution in [0.4, 0.5) is 10.1 Å². The van der Waals surface area contributed by atoms with Crippen LogP contribution in [0.1, 0.15) is 41.7 Å². The molecular formula is C74H75BrFI9N2O17S. The predicted octanol–water partition coefficient (Wildman–Crippen LogP) is 21.7. The first-order valence-electron chi connectivity index (χ1n) is 29.4. The summed E-state index contributed by atoms with van der Waals surface area (Å²) < 4.78 is 189. The third kappa shape index (κ3) is 34.5. The van der Waals surface area contributed by atoms with Crippen molar-refractivity contribution >= 4 is 233 Å². The van der Waals surface area contributed by atoms with Gasteiger partial charge < -0.3 is 5.11 Å². The second-order valence-electron chi connectivity index (χ2n) is 21.5. The normalized spacial score (nSPS) is 13.5. The van der Waals surface area contributed by atoms with Gasteiger partial charge in [0.05, 0.1) is 29.3 Å². The summed E-state index contributed by atoms with van der Waals surface area (Å²) in [6.45, 7) is 10.0. The third-order valence-electron chi connectivity index (χ3n) is 13.0. The summed E-state index contributed by atoms with van der Waals surface area (Å²) >= 11 is -21.2. The minimum Gasteiger partial charge on any atom is -0.256 e. The van der Waals surface area contributed by atoms with Crippen molar-refractivity contribution in [1.82, 2.24) is 4.98 Å². The van der Waals surface area contributed by atoms with Crippen LogP contribution in [0.5, 0.6) is 0 Å². The van der Waals surface area contributed by atoms with Crippen LogP contribution in [0.25, 0.3) is 11.3 Å². The molecule has 0 aliphatic carbocycles. The topological polar surface area (TPSA) is 307 Å². The van der Waals surface area contributed by atoms with E-state index in [1.54, 1.807) is 77.9 Å². The van der Waals surface area contributed by atoms with Crippen LogP contribution >= 0.6 is 190 Å². The zero-order valence-corrected chi connectivity index (χ0v) is 79.2. The summed E-state index contributed by atoms with van der Waals surface area (Å²) in [5.41, 5.74) is 6.38. The Labute approximate surface area is 678 Å². The number of fused-ring (bicyclic) bond motifs is 1. The summed E-state index contributed by atoms with van der Waals surface area (Å²) in [5.74, 6) is -0.304. The molecule has 0 saturated carbocycles. The number of sulfone groups is 1. The summed E-state index contributed by atoms with van der Waals surface area (Å²) in [4.78, 5) is 15.6. The Bertz CT molecular complexity index is 5300. The van der Waals surface area contributed by atoms with E-state index in [1.807, 2.05) is 132 Å². The van der Waals surface area contributed by atoms with Crippen molar-refractivity contribution in [2.24, 2.45) is 0 Å². The molecule has 0 fully saturated rings. The number of benzene rings is 9. The van der Waals surface area contributed by atoms with Crippen LogP contribution in [0, 0.1) is 68.8 Å². The van der Waals surface area contributed by atoms with Crippen LogP contribution in [-0.2, 0) is 58.9 Å². The first-order valence-corrected chi connectivity index (χ1v) is 63.7. The molecule has 9 aromatic carbocycles. The fraction of sp³-hybridized carbons (Fsp3) is 0.122. The van der Waals surface area contributed by atoms with Crippen molar-refractivity contribution in [3.63, 3.8) is 0 Å². The summed E-state index contributed by atoms with van der Waals surface area (Å²) in [6.07, 6.45) is 2.64. The van der Waals surface area contributed by atoms with Gasteiger partial charge in [0.2, 0.25) is 0 Å². The van der Waals surface area contributed by atoms with Crippen LogP contribution < -0.4 is 0 Å². The number of nitrogens with zero attached hydrogens (tertiary/aromatic N) is 2. The van der Waals surface area contributed by atoms with Crippen molar-refractivity contribution in [2.75, 3.05) is 11.2 Å². The van der Waals surface area contributed by atoms with Gasteiger partial charge in [0.1, 0.15) is 125 Å². The van der Waals surface area contributed by atoms with E-state index >= 15 is 0 Å². The Hall–Kier alpha value is -4.60. The predicted molar refractivity (Wildman–Crippen MR) is 494 cm³/mol. The molecule has 0 spiro atoms. The maximum absolute atomic E-state index is 12.2. The fourth-order valence-electron chi connectivity index (χ4n) is 8.28. The average Bonchev–Trinajstić information content (AvgIpc) is 1.61. The molecule has 566 valence electrons. The molecule has 1 aliphatic heterocycles. The number of rotatable bonds is 12. The number of pyridine rings is 1. The molecule has 0 saturated heterocycles. The standard InChI is InChI=1S/C11H8INO2.C10H13IO2.C9H11IO.C8H9IO2.C8H9IO.C7H6BrIO.C7H6FIO.C7H6INO3.C7H7IO4S/c14-12(15)10-6-2-1-5-9(10)11-7-3-4-8-13-11;1-10(2)8-6-4-5-7-9(8)11(3,12)13-10;1-7-4-8(2)6-9(5-7)10(3)11;1-9(11)8-4-2-7(6-10)3-5-8;1-7-3-5-8(6-4-7)9(2)10;1-9(10)7-4-2-3-6(8)5-7;1-9(10)7-4-2-6(8)3-5-7;1-8(10)6-4-2-3-5-7(6)9(11)12;1-13(11,12)7-5-3-2-4-6(7)8(9)10/h1-8H;4-7H,1-3H3;4-6H,3H2,1-2H3;2-5,10H,1,6H2;3-6H,2H2,1H3;2*2-5H,1H2;2-5H,1H2;2-5H,1H3. The second-order valence-corrected chi connectivity index (χ2v) is 53.2. The minimum absolute atomic E-state index is 0.0322. The summed E-state index contributed by atoms with van der Waals surface area (Å²) in [5, 5.41) is 19.1. The summed E-state index contributed by atoms with van der Waals surface area (Å²) in [6, 6.07) is 65.6. The molecule has 1 aromatic heterocycles. The van der Waals surface area contributed by atoms with E-state index in [4.69, 9.17) is 8.17 Å². The van der Waals surface area contributed by atoms with Crippen LogP contribution in [0.15, 0.2) is 246 Å². The zero-order valence-electron chi connectivity index (χ0n) is 57.4. The Morgan fingerprint density at radius 3 is 1.39 bits per heavy atom. The average molecular weight is 2540 g/mol. The maximum Gasteiger partial charge on any atom is 0.342 e. The number of hydrogen-bond acceptors (Lipinski definition) is 18. The van der Waals surface area contributed by atoms with Gasteiger partial charge in [-0.05, 0) is 180 Å². The quantitative estimate of drug-likeness (QED) is 0.0514. The smallest absolute Gasteiger partial charge is 0.256 e. The van der Waals surface area contributed by atoms with Gasteiger partial charge in [0.25, 0.3) is 5.69 Å². The monoisotopic (exact) mass is 2540 g/mol. The molecule has 1 atom stereocenters. The van der Waals surface area contributed by atoms with E-state index in [1.165, 1.54) is 77.4 Å². The van der Waals surface area contributed by atoms with Crippen LogP contribution in [0.3, 0.4) is 0 Å². The Morgan fingerprint density at radius 2 is 0.971 bits per heavy atom. The van der Waals surface area contributed by atoms with Gasteiger partial charge in [-0.3, -0.25) is 33.5 Å². The number of aliphatic hydroxyl groups is 1. The molecule has 31 heteroatoms. The molecule has 0 bridgehead atoms. The molecule has 0 amide bonds. The number of nitro benzene ring substituents is 1. The fourth-order valence-corrected chi connectivity index (χ4v) is 27.4. The van der Waals surface area contributed by atoms with Crippen molar-refractivity contribution in [2.45, 2.75) is 51.7 Å². The van der Waals surface area contributed by atoms with E-state index in [2.05, 4.69) is 54.1 Å². The van der Waals surface area contributed by atoms with Crippen molar-refractivity contribution < 1.29 is 59.7 Å². The van der Waals surface area contributed by atoms with Gasteiger partial charge in [-0.1, -0.05) is 106 Å². The third-order valence-corrected chi connectivity index (χ3v) is 36.4. The van der Waals surface area contributed by atoms with E-state index in [9.17, 15) is 56.7 Å². The number of alkyl halides is 1. The second kappa shape index (κ2) is 47.5. The van der Waals surface area contributed by atoms with Crippen molar-refractivity contribution in [3.8, 4) is 11.3 Å². The van der Waals surface area contributed by atoms with Gasteiger partial charge >= 0.3 is 122 Å². The van der Waals surface area contributed by atoms with Gasteiger partial charge in [-0.15, -0.1) is 0 Å². The van der Waals surface area contributed by atoms with Crippen LogP contribution in [0.2, 0.25) is 0 Å². The molecule has 2 heterocycles. The first kappa shape index (κ1) is 94.6. The number of hydrogen-bond donors (Lipinski definition) is 1. The van der Waals surface area contributed by atoms with E-state index in [0.717, 1.165) is 39.7 Å². The molecule has 0 radical (unpaired) electrons. The van der Waals surface area contributed by atoms with Gasteiger partial charge in [-0.25, -0.2) is 25.1 Å². The van der Waals surface area contributed by atoms with E-state index < -0.39 is 189 Å². The molecule has 1 aliphatic rings. The molecule has 19 nitrogen and oxygen atoms in total. The Morgan fingerprint density at radius 1 is 0.524 bits per heavy atom. The molecule has 105 heavy (non-hydrogen) atoms. The van der Waals surface area contributed by atoms with Gasteiger partial charge in [0.15, 0.2) is 9.84 Å².